The largest absolute Gasteiger partial charge is 0.382 e. The van der Waals surface area contributed by atoms with E-state index in [1.165, 1.54) is 0 Å². The minimum atomic E-state index is 0.156. The van der Waals surface area contributed by atoms with E-state index in [1.54, 1.807) is 0 Å². The van der Waals surface area contributed by atoms with Gasteiger partial charge in [-0.1, -0.05) is 31.0 Å². The van der Waals surface area contributed by atoms with Crippen molar-refractivity contribution in [2.24, 2.45) is 0 Å². The number of hydrogen-bond acceptors (Lipinski definition) is 4. The number of hydrogen-bond donors (Lipinski definition) is 1. The molecule has 2 aromatic heterocycles. The zero-order valence-corrected chi connectivity index (χ0v) is 12.5. The molecule has 0 spiro atoms. The van der Waals surface area contributed by atoms with Crippen molar-refractivity contribution >= 4 is 27.8 Å². The maximum Gasteiger partial charge on any atom is 0.152 e. The molecule has 2 N–H and O–H groups in total. The van der Waals surface area contributed by atoms with Gasteiger partial charge in [-0.25, -0.2) is 9.97 Å². The molecule has 3 rings (SSSR count). The van der Waals surface area contributed by atoms with Gasteiger partial charge >= 0.3 is 0 Å². The van der Waals surface area contributed by atoms with E-state index in [1.807, 2.05) is 30.6 Å². The Kier molecular flexibility index (Phi) is 3.94. The van der Waals surface area contributed by atoms with Crippen LogP contribution >= 0.6 is 0 Å². The summed E-state index contributed by atoms with van der Waals surface area (Å²) in [4.78, 5) is 8.87. The number of benzene rings is 1. The first kappa shape index (κ1) is 14.4. The predicted octanol–water partition coefficient (Wildman–Crippen LogP) is 2.77. The summed E-state index contributed by atoms with van der Waals surface area (Å²) in [5, 5.41) is 1.04. The summed E-state index contributed by atoms with van der Waals surface area (Å²) in [6.45, 7) is 2.97. The molecule has 0 radical (unpaired) electrons. The van der Waals surface area contributed by atoms with Gasteiger partial charge in [0.25, 0.3) is 0 Å². The maximum absolute atomic E-state index is 6.05. The number of imidazole rings is 1. The lowest BCUT2D eigenvalue weighted by molar-refractivity contribution is 0.129. The predicted molar refractivity (Wildman–Crippen MR) is 88.4 cm³/mol. The number of fused-ring (bicyclic) bond motifs is 3. The van der Waals surface area contributed by atoms with Crippen LogP contribution in [0.25, 0.3) is 21.9 Å². The molecule has 5 nitrogen and oxygen atoms in total. The third-order valence-corrected chi connectivity index (χ3v) is 3.80. The molecule has 0 amide bonds. The minimum Gasteiger partial charge on any atom is -0.382 e. The van der Waals surface area contributed by atoms with Gasteiger partial charge in [-0.3, -0.25) is 0 Å². The maximum atomic E-state index is 6.05. The van der Waals surface area contributed by atoms with E-state index in [9.17, 15) is 0 Å². The van der Waals surface area contributed by atoms with Crippen LogP contribution < -0.4 is 5.73 Å². The molecule has 0 aliphatic heterocycles. The first-order valence-corrected chi connectivity index (χ1v) is 7.28. The third-order valence-electron chi connectivity index (χ3n) is 3.80. The number of anilines is 1. The molecule has 2 heterocycles. The van der Waals surface area contributed by atoms with Crippen molar-refractivity contribution in [2.75, 3.05) is 18.9 Å². The van der Waals surface area contributed by atoms with Crippen molar-refractivity contribution in [1.82, 2.24) is 14.5 Å². The van der Waals surface area contributed by atoms with Crippen LogP contribution in [-0.2, 0) is 4.74 Å². The average molecular weight is 294 g/mol. The number of aromatic nitrogens is 3. The molecule has 112 valence electrons. The smallest absolute Gasteiger partial charge is 0.152 e. The summed E-state index contributed by atoms with van der Waals surface area (Å²) in [5.41, 5.74) is 8.65. The lowest BCUT2D eigenvalue weighted by Gasteiger charge is -2.18. The number of nitrogen functional groups attached to an aromatic ring is 1. The lowest BCUT2D eigenvalue weighted by atomic mass is 10.1. The zero-order chi connectivity index (χ0) is 15.5. The number of terminal acetylenes is 1. The SMILES string of the molecule is C#CCOC[C@@H](CC)n1cnc2c(N)nc3ccccc3c21. The number of nitrogens with zero attached hydrogens (tertiary/aromatic N) is 3. The number of para-hydroxylation sites is 1. The van der Waals surface area contributed by atoms with Gasteiger partial charge in [0.05, 0.1) is 30.0 Å². The van der Waals surface area contributed by atoms with E-state index in [0.717, 1.165) is 28.4 Å². The number of pyridine rings is 1. The third kappa shape index (κ3) is 2.38. The van der Waals surface area contributed by atoms with Crippen LogP contribution in [0.2, 0.25) is 0 Å². The molecular formula is C17H18N4O. The van der Waals surface area contributed by atoms with Crippen LogP contribution in [0.4, 0.5) is 5.82 Å². The summed E-state index contributed by atoms with van der Waals surface area (Å²) in [5.74, 6) is 2.94. The van der Waals surface area contributed by atoms with Crippen LogP contribution in [0.15, 0.2) is 30.6 Å². The standard InChI is InChI=1S/C17H18N4O/c1-3-9-22-10-12(4-2)21-11-19-15-16(21)13-7-5-6-8-14(13)20-17(15)18/h1,5-8,11-12H,4,9-10H2,2H3,(H2,18,20)/t12-/m1/s1. The molecule has 3 aromatic rings. The van der Waals surface area contributed by atoms with Gasteiger partial charge in [-0.2, -0.15) is 0 Å². The van der Waals surface area contributed by atoms with Crippen molar-refractivity contribution in [2.45, 2.75) is 19.4 Å². The van der Waals surface area contributed by atoms with E-state index >= 15 is 0 Å². The number of ether oxygens (including phenoxy) is 1. The Morgan fingerprint density at radius 3 is 3.00 bits per heavy atom. The highest BCUT2D eigenvalue weighted by atomic mass is 16.5. The number of rotatable bonds is 5. The molecule has 0 fully saturated rings. The van der Waals surface area contributed by atoms with Crippen molar-refractivity contribution < 1.29 is 4.74 Å². The molecule has 1 atom stereocenters. The summed E-state index contributed by atoms with van der Waals surface area (Å²) < 4.78 is 7.64. The highest BCUT2D eigenvalue weighted by molar-refractivity contribution is 6.06. The van der Waals surface area contributed by atoms with E-state index in [0.29, 0.717) is 19.0 Å². The first-order chi connectivity index (χ1) is 10.8. The van der Waals surface area contributed by atoms with E-state index < -0.39 is 0 Å². The van der Waals surface area contributed by atoms with Gasteiger partial charge in [0.15, 0.2) is 5.82 Å². The Morgan fingerprint density at radius 1 is 1.41 bits per heavy atom. The van der Waals surface area contributed by atoms with Crippen LogP contribution in [-0.4, -0.2) is 27.7 Å². The fraction of sp³-hybridized carbons (Fsp3) is 0.294. The number of nitrogens with two attached hydrogens (primary N) is 1. The molecule has 1 aromatic carbocycles. The van der Waals surface area contributed by atoms with Crippen LogP contribution in [0.5, 0.6) is 0 Å². The van der Waals surface area contributed by atoms with Crippen molar-refractivity contribution in [3.63, 3.8) is 0 Å². The second-order valence-corrected chi connectivity index (χ2v) is 5.14. The fourth-order valence-electron chi connectivity index (χ4n) is 2.69. The molecule has 22 heavy (non-hydrogen) atoms. The van der Waals surface area contributed by atoms with Gasteiger partial charge in [0.1, 0.15) is 12.1 Å². The zero-order valence-electron chi connectivity index (χ0n) is 12.5. The Bertz CT molecular complexity index is 847. The minimum absolute atomic E-state index is 0.156. The fourth-order valence-corrected chi connectivity index (χ4v) is 2.69. The Balaban J connectivity index is 2.15. The van der Waals surface area contributed by atoms with Gasteiger partial charge in [-0.05, 0) is 12.5 Å². The summed E-state index contributed by atoms with van der Waals surface area (Å²) in [6.07, 6.45) is 7.96. The highest BCUT2D eigenvalue weighted by Gasteiger charge is 2.17. The van der Waals surface area contributed by atoms with E-state index in [-0.39, 0.29) is 6.04 Å². The molecule has 0 aliphatic rings. The van der Waals surface area contributed by atoms with Gasteiger partial charge in [0, 0.05) is 5.39 Å². The Morgan fingerprint density at radius 2 is 2.23 bits per heavy atom. The van der Waals surface area contributed by atoms with Crippen LogP contribution in [0, 0.1) is 12.3 Å². The summed E-state index contributed by atoms with van der Waals surface area (Å²) >= 11 is 0. The lowest BCUT2D eigenvalue weighted by Crippen LogP contribution is -2.14. The molecule has 0 saturated heterocycles. The first-order valence-electron chi connectivity index (χ1n) is 7.28. The van der Waals surface area contributed by atoms with Gasteiger partial charge in [0.2, 0.25) is 0 Å². The van der Waals surface area contributed by atoms with Crippen molar-refractivity contribution in [3.05, 3.63) is 30.6 Å². The summed E-state index contributed by atoms with van der Waals surface area (Å²) in [6, 6.07) is 8.10. The molecule has 0 bridgehead atoms. The highest BCUT2D eigenvalue weighted by Crippen LogP contribution is 2.29. The normalized spacial score (nSPS) is 12.5. The topological polar surface area (TPSA) is 66.0 Å². The molecular weight excluding hydrogens is 276 g/mol. The van der Waals surface area contributed by atoms with E-state index in [4.69, 9.17) is 16.9 Å². The van der Waals surface area contributed by atoms with Crippen LogP contribution in [0.1, 0.15) is 19.4 Å². The Labute approximate surface area is 129 Å². The van der Waals surface area contributed by atoms with Gasteiger partial charge in [-0.15, -0.1) is 6.42 Å². The van der Waals surface area contributed by atoms with Crippen molar-refractivity contribution in [3.8, 4) is 12.3 Å². The monoisotopic (exact) mass is 294 g/mol. The second kappa shape index (κ2) is 6.04. The van der Waals surface area contributed by atoms with Crippen LogP contribution in [0.3, 0.4) is 0 Å². The van der Waals surface area contributed by atoms with Gasteiger partial charge < -0.3 is 15.0 Å². The molecule has 5 heteroatoms. The molecule has 0 aliphatic carbocycles. The molecule has 0 saturated carbocycles. The average Bonchev–Trinajstić information content (AvgIpc) is 2.98. The van der Waals surface area contributed by atoms with E-state index in [2.05, 4.69) is 27.4 Å². The van der Waals surface area contributed by atoms with Crippen molar-refractivity contribution in [1.29, 1.82) is 0 Å². The summed E-state index contributed by atoms with van der Waals surface area (Å²) in [7, 11) is 0. The molecule has 0 unspecified atom stereocenters. The second-order valence-electron chi connectivity index (χ2n) is 5.14. The quantitative estimate of drug-likeness (QED) is 0.580. The Hall–Kier alpha value is -2.58.